The quantitative estimate of drug-likeness (QED) is 0.891. The highest BCUT2D eigenvalue weighted by Gasteiger charge is 2.28. The number of hydrogen-bond donors (Lipinski definition) is 1. The molecule has 2 heteroatoms. The number of aryl methyl sites for hydroxylation is 1. The molecular formula is C17H25NO. The predicted molar refractivity (Wildman–Crippen MR) is 77.1 cm³/mol. The Labute approximate surface area is 116 Å². The van der Waals surface area contributed by atoms with Crippen LogP contribution in [-0.4, -0.2) is 16.2 Å². The third-order valence-corrected chi connectivity index (χ3v) is 5.05. The molecular weight excluding hydrogens is 234 g/mol. The fourth-order valence-electron chi connectivity index (χ4n) is 3.93. The summed E-state index contributed by atoms with van der Waals surface area (Å²) in [6, 6.07) is 4.20. The standard InChI is InChI=1S/C17H25NO/c19-16(11-10-13-5-1-2-6-13)15-9-3-7-14-8-4-12-18-17(14)15/h4,8,12-13,15-16,19H,1-3,5-7,9-11H2. The average Bonchev–Trinajstić information content (AvgIpc) is 2.97. The van der Waals surface area contributed by atoms with Crippen LogP contribution in [0.4, 0.5) is 0 Å². The lowest BCUT2D eigenvalue weighted by atomic mass is 9.81. The number of aliphatic hydroxyl groups is 1. The summed E-state index contributed by atoms with van der Waals surface area (Å²) in [7, 11) is 0. The van der Waals surface area contributed by atoms with E-state index in [1.165, 1.54) is 49.8 Å². The summed E-state index contributed by atoms with van der Waals surface area (Å²) in [6.45, 7) is 0. The molecule has 2 aliphatic carbocycles. The van der Waals surface area contributed by atoms with Gasteiger partial charge in [0.05, 0.1) is 6.10 Å². The van der Waals surface area contributed by atoms with Crippen molar-refractivity contribution in [2.75, 3.05) is 0 Å². The maximum Gasteiger partial charge on any atom is 0.0624 e. The maximum atomic E-state index is 10.5. The molecule has 1 saturated carbocycles. The largest absolute Gasteiger partial charge is 0.392 e. The molecule has 2 nitrogen and oxygen atoms in total. The van der Waals surface area contributed by atoms with Gasteiger partial charge in [-0.05, 0) is 49.7 Å². The molecule has 2 unspecified atom stereocenters. The molecule has 104 valence electrons. The van der Waals surface area contributed by atoms with Gasteiger partial charge in [0.2, 0.25) is 0 Å². The van der Waals surface area contributed by atoms with Crippen molar-refractivity contribution in [1.29, 1.82) is 0 Å². The fraction of sp³-hybridized carbons (Fsp3) is 0.706. The molecule has 3 rings (SSSR count). The van der Waals surface area contributed by atoms with Crippen molar-refractivity contribution >= 4 is 0 Å². The number of pyridine rings is 1. The maximum absolute atomic E-state index is 10.5. The minimum atomic E-state index is -0.186. The van der Waals surface area contributed by atoms with Crippen LogP contribution >= 0.6 is 0 Å². The fourth-order valence-corrected chi connectivity index (χ4v) is 3.93. The Balaban J connectivity index is 1.62. The van der Waals surface area contributed by atoms with E-state index in [0.717, 1.165) is 25.2 Å². The molecule has 0 saturated heterocycles. The van der Waals surface area contributed by atoms with E-state index in [9.17, 15) is 5.11 Å². The Kier molecular flexibility index (Phi) is 4.17. The molecule has 0 aliphatic heterocycles. The Morgan fingerprint density at radius 3 is 2.89 bits per heavy atom. The molecule has 0 spiro atoms. The molecule has 0 bridgehead atoms. The highest BCUT2D eigenvalue weighted by atomic mass is 16.3. The molecule has 0 radical (unpaired) electrons. The summed E-state index contributed by atoms with van der Waals surface area (Å²) in [4.78, 5) is 4.54. The van der Waals surface area contributed by atoms with Gasteiger partial charge >= 0.3 is 0 Å². The van der Waals surface area contributed by atoms with E-state index in [0.29, 0.717) is 0 Å². The minimum Gasteiger partial charge on any atom is -0.392 e. The van der Waals surface area contributed by atoms with E-state index < -0.39 is 0 Å². The van der Waals surface area contributed by atoms with Crippen LogP contribution in [0.1, 0.15) is 68.5 Å². The first-order valence-corrected chi connectivity index (χ1v) is 7.96. The molecule has 1 aromatic heterocycles. The SMILES string of the molecule is OC(CCC1CCCC1)C1CCCc2cccnc21. The summed E-state index contributed by atoms with van der Waals surface area (Å²) in [5, 5.41) is 10.5. The van der Waals surface area contributed by atoms with Gasteiger partial charge in [-0.15, -0.1) is 0 Å². The first-order chi connectivity index (χ1) is 9.34. The summed E-state index contributed by atoms with van der Waals surface area (Å²) in [5.41, 5.74) is 2.53. The Morgan fingerprint density at radius 1 is 1.21 bits per heavy atom. The number of rotatable bonds is 4. The van der Waals surface area contributed by atoms with E-state index in [1.807, 2.05) is 12.3 Å². The van der Waals surface area contributed by atoms with Crippen molar-refractivity contribution in [1.82, 2.24) is 4.98 Å². The summed E-state index contributed by atoms with van der Waals surface area (Å²) in [5.74, 6) is 1.16. The van der Waals surface area contributed by atoms with Crippen molar-refractivity contribution in [3.05, 3.63) is 29.6 Å². The highest BCUT2D eigenvalue weighted by molar-refractivity contribution is 5.26. The van der Waals surface area contributed by atoms with Gasteiger partial charge in [-0.2, -0.15) is 0 Å². The van der Waals surface area contributed by atoms with Gasteiger partial charge in [0.25, 0.3) is 0 Å². The minimum absolute atomic E-state index is 0.186. The predicted octanol–water partition coefficient (Wildman–Crippen LogP) is 3.83. The lowest BCUT2D eigenvalue weighted by Gasteiger charge is -2.28. The summed E-state index contributed by atoms with van der Waals surface area (Å²) in [6.07, 6.45) is 12.9. The molecule has 1 heterocycles. The Morgan fingerprint density at radius 2 is 2.05 bits per heavy atom. The lowest BCUT2D eigenvalue weighted by Crippen LogP contribution is -2.24. The molecule has 2 atom stereocenters. The van der Waals surface area contributed by atoms with Crippen LogP contribution in [0.2, 0.25) is 0 Å². The second kappa shape index (κ2) is 6.04. The summed E-state index contributed by atoms with van der Waals surface area (Å²) < 4.78 is 0. The van der Waals surface area contributed by atoms with Gasteiger partial charge in [0, 0.05) is 17.8 Å². The molecule has 1 fully saturated rings. The van der Waals surface area contributed by atoms with Gasteiger partial charge in [-0.3, -0.25) is 4.98 Å². The van der Waals surface area contributed by atoms with Gasteiger partial charge in [-0.1, -0.05) is 31.7 Å². The third kappa shape index (κ3) is 3.00. The van der Waals surface area contributed by atoms with E-state index in [2.05, 4.69) is 11.1 Å². The first kappa shape index (κ1) is 13.1. The van der Waals surface area contributed by atoms with Crippen molar-refractivity contribution in [3.8, 4) is 0 Å². The smallest absolute Gasteiger partial charge is 0.0624 e. The number of fused-ring (bicyclic) bond motifs is 1. The lowest BCUT2D eigenvalue weighted by molar-refractivity contribution is 0.115. The van der Waals surface area contributed by atoms with Gasteiger partial charge in [0.1, 0.15) is 0 Å². The second-order valence-corrected chi connectivity index (χ2v) is 6.34. The number of hydrogen-bond acceptors (Lipinski definition) is 2. The van der Waals surface area contributed by atoms with Gasteiger partial charge in [0.15, 0.2) is 0 Å². The number of nitrogens with zero attached hydrogens (tertiary/aromatic N) is 1. The van der Waals surface area contributed by atoms with Crippen LogP contribution in [0.3, 0.4) is 0 Å². The van der Waals surface area contributed by atoms with Crippen LogP contribution < -0.4 is 0 Å². The molecule has 0 amide bonds. The van der Waals surface area contributed by atoms with Gasteiger partial charge in [-0.25, -0.2) is 0 Å². The zero-order valence-corrected chi connectivity index (χ0v) is 11.7. The number of aromatic nitrogens is 1. The average molecular weight is 259 g/mol. The topological polar surface area (TPSA) is 33.1 Å². The van der Waals surface area contributed by atoms with E-state index in [1.54, 1.807) is 0 Å². The number of aliphatic hydroxyl groups excluding tert-OH is 1. The normalized spacial score (nSPS) is 25.2. The second-order valence-electron chi connectivity index (χ2n) is 6.34. The third-order valence-electron chi connectivity index (χ3n) is 5.05. The van der Waals surface area contributed by atoms with Crippen LogP contribution in [0.25, 0.3) is 0 Å². The Hall–Kier alpha value is -0.890. The van der Waals surface area contributed by atoms with Crippen LogP contribution in [0.5, 0.6) is 0 Å². The monoisotopic (exact) mass is 259 g/mol. The summed E-state index contributed by atoms with van der Waals surface area (Å²) >= 11 is 0. The molecule has 1 aromatic rings. The molecule has 19 heavy (non-hydrogen) atoms. The van der Waals surface area contributed by atoms with Crippen molar-refractivity contribution in [2.24, 2.45) is 5.92 Å². The van der Waals surface area contributed by atoms with Crippen LogP contribution in [0, 0.1) is 5.92 Å². The van der Waals surface area contributed by atoms with E-state index >= 15 is 0 Å². The molecule has 2 aliphatic rings. The van der Waals surface area contributed by atoms with Crippen molar-refractivity contribution in [3.63, 3.8) is 0 Å². The van der Waals surface area contributed by atoms with Crippen molar-refractivity contribution in [2.45, 2.75) is 69.8 Å². The Bertz CT molecular complexity index is 411. The highest BCUT2D eigenvalue weighted by Crippen LogP contribution is 2.36. The zero-order valence-electron chi connectivity index (χ0n) is 11.7. The molecule has 1 N–H and O–H groups in total. The van der Waals surface area contributed by atoms with E-state index in [4.69, 9.17) is 0 Å². The van der Waals surface area contributed by atoms with E-state index in [-0.39, 0.29) is 12.0 Å². The zero-order chi connectivity index (χ0) is 13.1. The molecule has 0 aromatic carbocycles. The first-order valence-electron chi connectivity index (χ1n) is 7.96. The van der Waals surface area contributed by atoms with Crippen molar-refractivity contribution < 1.29 is 5.11 Å². The van der Waals surface area contributed by atoms with Crippen LogP contribution in [-0.2, 0) is 6.42 Å². The van der Waals surface area contributed by atoms with Crippen LogP contribution in [0.15, 0.2) is 18.3 Å². The van der Waals surface area contributed by atoms with Gasteiger partial charge < -0.3 is 5.11 Å².